The van der Waals surface area contributed by atoms with E-state index in [9.17, 15) is 10.5 Å². The third-order valence-electron chi connectivity index (χ3n) is 3.26. The van der Waals surface area contributed by atoms with Crippen LogP contribution in [0.25, 0.3) is 11.1 Å². The molecule has 0 amide bonds. The number of benzene rings is 1. The summed E-state index contributed by atoms with van der Waals surface area (Å²) in [5.41, 5.74) is 7.84. The Kier molecular flexibility index (Phi) is 5.76. The van der Waals surface area contributed by atoms with E-state index in [0.29, 0.717) is 33.9 Å². The third-order valence-corrected chi connectivity index (χ3v) is 4.32. The van der Waals surface area contributed by atoms with Crippen molar-refractivity contribution in [1.29, 1.82) is 15.8 Å². The van der Waals surface area contributed by atoms with Crippen LogP contribution >= 0.6 is 11.8 Å². The Balaban J connectivity index is 2.64. The number of pyridine rings is 1. The summed E-state index contributed by atoms with van der Waals surface area (Å²) >= 11 is 1.31. The van der Waals surface area contributed by atoms with Crippen molar-refractivity contribution in [3.8, 4) is 29.3 Å². The molecule has 0 radical (unpaired) electrons. The van der Waals surface area contributed by atoms with Crippen LogP contribution in [0, 0.1) is 34.0 Å². The van der Waals surface area contributed by atoms with Crippen LogP contribution in [-0.4, -0.2) is 22.5 Å². The highest BCUT2D eigenvalue weighted by Crippen LogP contribution is 2.35. The SMILES string of the molecule is N#Cc1ccc(-c2c(C#N)c(N)nc(SCCCO)c2C#N)cc1. The number of aliphatic hydroxyl groups is 1. The molecule has 0 fully saturated rings. The smallest absolute Gasteiger partial charge is 0.143 e. The predicted octanol–water partition coefficient (Wildman–Crippen LogP) is 2.42. The van der Waals surface area contributed by atoms with Crippen molar-refractivity contribution in [3.63, 3.8) is 0 Å². The van der Waals surface area contributed by atoms with Gasteiger partial charge >= 0.3 is 0 Å². The quantitative estimate of drug-likeness (QED) is 0.633. The number of hydrogen-bond acceptors (Lipinski definition) is 7. The van der Waals surface area contributed by atoms with Gasteiger partial charge in [-0.2, -0.15) is 15.8 Å². The van der Waals surface area contributed by atoms with Gasteiger partial charge in [0.15, 0.2) is 0 Å². The molecule has 0 aliphatic heterocycles. The highest BCUT2D eigenvalue weighted by atomic mass is 32.2. The van der Waals surface area contributed by atoms with Crippen LogP contribution in [0.4, 0.5) is 5.82 Å². The molecule has 2 rings (SSSR count). The Morgan fingerprint density at radius 3 is 2.25 bits per heavy atom. The Morgan fingerprint density at radius 2 is 1.71 bits per heavy atom. The maximum atomic E-state index is 9.57. The summed E-state index contributed by atoms with van der Waals surface area (Å²) in [6.45, 7) is 0.0448. The number of nitriles is 3. The van der Waals surface area contributed by atoms with Crippen LogP contribution in [0.1, 0.15) is 23.1 Å². The maximum absolute atomic E-state index is 9.57. The number of hydrogen-bond donors (Lipinski definition) is 2. The van der Waals surface area contributed by atoms with E-state index in [2.05, 4.69) is 11.1 Å². The van der Waals surface area contributed by atoms with Crippen molar-refractivity contribution in [3.05, 3.63) is 41.0 Å². The standard InChI is InChI=1S/C17H13N5OS/c18-8-11-2-4-12(5-3-11)15-13(9-19)16(21)22-17(14(15)10-20)24-7-1-6-23/h2-5,23H,1,6-7H2,(H2,21,22). The van der Waals surface area contributed by atoms with E-state index in [4.69, 9.17) is 16.1 Å². The van der Waals surface area contributed by atoms with E-state index in [-0.39, 0.29) is 23.6 Å². The minimum Gasteiger partial charge on any atom is -0.396 e. The maximum Gasteiger partial charge on any atom is 0.143 e. The van der Waals surface area contributed by atoms with Crippen molar-refractivity contribution < 1.29 is 5.11 Å². The molecule has 1 aromatic carbocycles. The summed E-state index contributed by atoms with van der Waals surface area (Å²) in [4.78, 5) is 4.17. The second-order valence-corrected chi connectivity index (χ2v) is 5.85. The minimum atomic E-state index is 0.0448. The molecule has 1 aromatic heterocycles. The van der Waals surface area contributed by atoms with Gasteiger partial charge in [0.1, 0.15) is 28.5 Å². The van der Waals surface area contributed by atoms with E-state index < -0.39 is 0 Å². The first-order valence-electron chi connectivity index (χ1n) is 7.04. The van der Waals surface area contributed by atoms with Crippen LogP contribution in [-0.2, 0) is 0 Å². The number of anilines is 1. The molecule has 3 N–H and O–H groups in total. The van der Waals surface area contributed by atoms with Gasteiger partial charge in [0, 0.05) is 17.9 Å². The minimum absolute atomic E-state index is 0.0448. The van der Waals surface area contributed by atoms with Crippen LogP contribution in [0.3, 0.4) is 0 Å². The molecule has 0 atom stereocenters. The number of thioether (sulfide) groups is 1. The summed E-state index contributed by atoms with van der Waals surface area (Å²) in [7, 11) is 0. The summed E-state index contributed by atoms with van der Waals surface area (Å²) in [6.07, 6.45) is 0.559. The van der Waals surface area contributed by atoms with E-state index in [0.717, 1.165) is 0 Å². The van der Waals surface area contributed by atoms with Gasteiger partial charge in [0.05, 0.1) is 17.2 Å². The Hall–Kier alpha value is -3.05. The molecule has 1 heterocycles. The van der Waals surface area contributed by atoms with Crippen molar-refractivity contribution in [2.75, 3.05) is 18.1 Å². The zero-order valence-electron chi connectivity index (χ0n) is 12.7. The van der Waals surface area contributed by atoms with Gasteiger partial charge in [-0.1, -0.05) is 12.1 Å². The van der Waals surface area contributed by atoms with Gasteiger partial charge in [-0.3, -0.25) is 0 Å². The number of nitrogen functional groups attached to an aromatic ring is 1. The van der Waals surface area contributed by atoms with Crippen molar-refractivity contribution in [2.24, 2.45) is 0 Å². The fraction of sp³-hybridized carbons (Fsp3) is 0.176. The second-order valence-electron chi connectivity index (χ2n) is 4.77. The van der Waals surface area contributed by atoms with Crippen LogP contribution in [0.5, 0.6) is 0 Å². The first-order chi connectivity index (χ1) is 11.7. The van der Waals surface area contributed by atoms with Gasteiger partial charge in [0.25, 0.3) is 0 Å². The van der Waals surface area contributed by atoms with Crippen LogP contribution in [0.2, 0.25) is 0 Å². The van der Waals surface area contributed by atoms with Gasteiger partial charge in [0.2, 0.25) is 0 Å². The molecule has 0 aliphatic carbocycles. The largest absolute Gasteiger partial charge is 0.396 e. The molecule has 118 valence electrons. The normalized spacial score (nSPS) is 9.75. The molecule has 0 saturated carbocycles. The fourth-order valence-electron chi connectivity index (χ4n) is 2.14. The van der Waals surface area contributed by atoms with Crippen LogP contribution in [0.15, 0.2) is 29.3 Å². The van der Waals surface area contributed by atoms with E-state index in [1.165, 1.54) is 11.8 Å². The fourth-order valence-corrected chi connectivity index (χ4v) is 3.06. The summed E-state index contributed by atoms with van der Waals surface area (Å²) in [5, 5.41) is 37.2. The molecule has 6 nitrogen and oxygen atoms in total. The molecule has 0 bridgehead atoms. The average Bonchev–Trinajstić information content (AvgIpc) is 2.61. The highest BCUT2D eigenvalue weighted by molar-refractivity contribution is 7.99. The zero-order valence-corrected chi connectivity index (χ0v) is 13.5. The lowest BCUT2D eigenvalue weighted by Crippen LogP contribution is -2.03. The number of aliphatic hydroxyl groups excluding tert-OH is 1. The first kappa shape index (κ1) is 17.3. The van der Waals surface area contributed by atoms with E-state index in [1.54, 1.807) is 24.3 Å². The molecule has 0 spiro atoms. The van der Waals surface area contributed by atoms with Crippen LogP contribution < -0.4 is 5.73 Å². The third kappa shape index (κ3) is 3.47. The summed E-state index contributed by atoms with van der Waals surface area (Å²) in [5.74, 6) is 0.637. The van der Waals surface area contributed by atoms with Crippen molar-refractivity contribution >= 4 is 17.6 Å². The molecular weight excluding hydrogens is 322 g/mol. The van der Waals surface area contributed by atoms with Crippen molar-refractivity contribution in [2.45, 2.75) is 11.4 Å². The van der Waals surface area contributed by atoms with Gasteiger partial charge < -0.3 is 10.8 Å². The van der Waals surface area contributed by atoms with E-state index >= 15 is 0 Å². The summed E-state index contributed by atoms with van der Waals surface area (Å²) < 4.78 is 0. The average molecular weight is 335 g/mol. The number of nitrogens with zero attached hydrogens (tertiary/aromatic N) is 4. The molecule has 0 aliphatic rings. The van der Waals surface area contributed by atoms with Gasteiger partial charge in [-0.25, -0.2) is 4.98 Å². The second kappa shape index (κ2) is 7.99. The Bertz CT molecular complexity index is 872. The van der Waals surface area contributed by atoms with Gasteiger partial charge in [-0.05, 0) is 24.1 Å². The monoisotopic (exact) mass is 335 g/mol. The Labute approximate surface area is 143 Å². The molecule has 24 heavy (non-hydrogen) atoms. The molecule has 0 unspecified atom stereocenters. The number of rotatable bonds is 5. The number of aromatic nitrogens is 1. The van der Waals surface area contributed by atoms with Gasteiger partial charge in [-0.15, -0.1) is 11.8 Å². The molecular formula is C17H13N5OS. The first-order valence-corrected chi connectivity index (χ1v) is 8.02. The zero-order chi connectivity index (χ0) is 17.5. The van der Waals surface area contributed by atoms with E-state index in [1.807, 2.05) is 12.1 Å². The molecule has 2 aromatic rings. The predicted molar refractivity (Wildman–Crippen MR) is 90.7 cm³/mol. The lowest BCUT2D eigenvalue weighted by molar-refractivity contribution is 0.296. The molecule has 7 heteroatoms. The molecule has 0 saturated heterocycles. The lowest BCUT2D eigenvalue weighted by Gasteiger charge is -2.12. The topological polar surface area (TPSA) is 131 Å². The summed E-state index contributed by atoms with van der Waals surface area (Å²) in [6, 6.07) is 12.7. The lowest BCUT2D eigenvalue weighted by atomic mass is 9.96. The van der Waals surface area contributed by atoms with Crippen molar-refractivity contribution in [1.82, 2.24) is 4.98 Å². The number of nitrogens with two attached hydrogens (primary N) is 1. The Morgan fingerprint density at radius 1 is 1.04 bits per heavy atom. The highest BCUT2D eigenvalue weighted by Gasteiger charge is 2.20.